The highest BCUT2D eigenvalue weighted by Gasteiger charge is 2.11. The average molecular weight is 330 g/mol. The fourth-order valence-corrected chi connectivity index (χ4v) is 3.01. The van der Waals surface area contributed by atoms with Crippen molar-refractivity contribution in [3.05, 3.63) is 69.8 Å². The molecule has 0 aliphatic heterocycles. The van der Waals surface area contributed by atoms with Crippen LogP contribution in [0.4, 0.5) is 0 Å². The van der Waals surface area contributed by atoms with Gasteiger partial charge in [-0.15, -0.1) is 11.3 Å². The van der Waals surface area contributed by atoms with Crippen LogP contribution in [-0.4, -0.2) is 15.9 Å². The molecular formula is C16H12ClN3OS. The second-order valence-electron chi connectivity index (χ2n) is 4.53. The molecule has 0 saturated heterocycles. The maximum absolute atomic E-state index is 12.1. The summed E-state index contributed by atoms with van der Waals surface area (Å²) in [5, 5.41) is 2.90. The van der Waals surface area contributed by atoms with Crippen molar-refractivity contribution in [1.82, 2.24) is 15.3 Å². The standard InChI is InChI=1S/C16H12ClN3OS/c17-14-4-3-13(22-14)16(21)20-10-12-2-1-7-19-15(12)11-5-8-18-9-6-11/h1-9H,10H2,(H,20,21). The Morgan fingerprint density at radius 3 is 2.68 bits per heavy atom. The smallest absolute Gasteiger partial charge is 0.261 e. The number of amides is 1. The summed E-state index contributed by atoms with van der Waals surface area (Å²) in [5.41, 5.74) is 2.76. The van der Waals surface area contributed by atoms with E-state index >= 15 is 0 Å². The van der Waals surface area contributed by atoms with Gasteiger partial charge in [0.05, 0.1) is 14.9 Å². The molecule has 3 heterocycles. The molecule has 0 bridgehead atoms. The Morgan fingerprint density at radius 2 is 1.95 bits per heavy atom. The molecule has 3 rings (SSSR count). The Hall–Kier alpha value is -2.24. The predicted molar refractivity (Wildman–Crippen MR) is 88.0 cm³/mol. The largest absolute Gasteiger partial charge is 0.347 e. The van der Waals surface area contributed by atoms with Crippen molar-refractivity contribution in [2.24, 2.45) is 0 Å². The quantitative estimate of drug-likeness (QED) is 0.792. The van der Waals surface area contributed by atoms with Crippen molar-refractivity contribution in [3.63, 3.8) is 0 Å². The molecule has 0 unspecified atom stereocenters. The monoisotopic (exact) mass is 329 g/mol. The molecule has 0 radical (unpaired) electrons. The summed E-state index contributed by atoms with van der Waals surface area (Å²) in [6, 6.07) is 11.0. The summed E-state index contributed by atoms with van der Waals surface area (Å²) in [6.45, 7) is 0.403. The highest BCUT2D eigenvalue weighted by atomic mass is 35.5. The van der Waals surface area contributed by atoms with Crippen molar-refractivity contribution in [3.8, 4) is 11.3 Å². The molecule has 3 aromatic rings. The van der Waals surface area contributed by atoms with E-state index in [2.05, 4.69) is 15.3 Å². The maximum Gasteiger partial charge on any atom is 0.261 e. The van der Waals surface area contributed by atoms with Gasteiger partial charge in [0.15, 0.2) is 0 Å². The van der Waals surface area contributed by atoms with Crippen LogP contribution < -0.4 is 5.32 Å². The molecule has 22 heavy (non-hydrogen) atoms. The Bertz CT molecular complexity index is 789. The van der Waals surface area contributed by atoms with Crippen LogP contribution in [0.25, 0.3) is 11.3 Å². The maximum atomic E-state index is 12.1. The zero-order valence-electron chi connectivity index (χ0n) is 11.5. The molecular weight excluding hydrogens is 318 g/mol. The van der Waals surface area contributed by atoms with Gasteiger partial charge in [-0.25, -0.2) is 0 Å². The number of aromatic nitrogens is 2. The van der Waals surface area contributed by atoms with Gasteiger partial charge >= 0.3 is 0 Å². The minimum Gasteiger partial charge on any atom is -0.347 e. The van der Waals surface area contributed by atoms with Crippen LogP contribution in [0.3, 0.4) is 0 Å². The van der Waals surface area contributed by atoms with Gasteiger partial charge in [0.25, 0.3) is 5.91 Å². The lowest BCUT2D eigenvalue weighted by atomic mass is 10.1. The number of nitrogens with zero attached hydrogens (tertiary/aromatic N) is 2. The number of pyridine rings is 2. The number of hydrogen-bond acceptors (Lipinski definition) is 4. The van der Waals surface area contributed by atoms with Crippen LogP contribution in [0.15, 0.2) is 55.0 Å². The SMILES string of the molecule is O=C(NCc1cccnc1-c1ccncc1)c1ccc(Cl)s1. The molecule has 4 nitrogen and oxygen atoms in total. The number of hydrogen-bond donors (Lipinski definition) is 1. The minimum atomic E-state index is -0.138. The Morgan fingerprint density at radius 1 is 1.14 bits per heavy atom. The van der Waals surface area contributed by atoms with E-state index in [1.807, 2.05) is 24.3 Å². The predicted octanol–water partition coefficient (Wildman–Crippen LogP) is 3.79. The molecule has 1 amide bonds. The molecule has 3 aromatic heterocycles. The van der Waals surface area contributed by atoms with Crippen molar-refractivity contribution < 1.29 is 4.79 Å². The van der Waals surface area contributed by atoms with E-state index < -0.39 is 0 Å². The first-order valence-electron chi connectivity index (χ1n) is 6.62. The molecule has 0 aromatic carbocycles. The highest BCUT2D eigenvalue weighted by Crippen LogP contribution is 2.22. The second kappa shape index (κ2) is 6.68. The number of thiophene rings is 1. The van der Waals surface area contributed by atoms with Gasteiger partial charge in [-0.2, -0.15) is 0 Å². The van der Waals surface area contributed by atoms with Gasteiger partial charge in [0, 0.05) is 30.7 Å². The van der Waals surface area contributed by atoms with Gasteiger partial charge in [-0.3, -0.25) is 14.8 Å². The van der Waals surface area contributed by atoms with Gasteiger partial charge in [-0.1, -0.05) is 17.7 Å². The van der Waals surface area contributed by atoms with Gasteiger partial charge in [0.1, 0.15) is 0 Å². The Labute approximate surface area is 136 Å². The van der Waals surface area contributed by atoms with Gasteiger partial charge in [-0.05, 0) is 35.9 Å². The molecule has 0 aliphatic carbocycles. The van der Waals surface area contributed by atoms with Crippen LogP contribution in [-0.2, 0) is 6.54 Å². The van der Waals surface area contributed by atoms with Crippen molar-refractivity contribution >= 4 is 28.8 Å². The average Bonchev–Trinajstić information content (AvgIpc) is 3.00. The summed E-state index contributed by atoms with van der Waals surface area (Å²) in [6.07, 6.45) is 5.18. The van der Waals surface area contributed by atoms with Gasteiger partial charge < -0.3 is 5.32 Å². The van der Waals surface area contributed by atoms with Crippen molar-refractivity contribution in [2.75, 3.05) is 0 Å². The number of nitrogens with one attached hydrogen (secondary N) is 1. The number of carbonyl (C=O) groups excluding carboxylic acids is 1. The topological polar surface area (TPSA) is 54.9 Å². The molecule has 0 atom stereocenters. The number of carbonyl (C=O) groups is 1. The molecule has 1 N–H and O–H groups in total. The zero-order valence-corrected chi connectivity index (χ0v) is 13.1. The molecule has 110 valence electrons. The first-order valence-corrected chi connectivity index (χ1v) is 7.81. The van der Waals surface area contributed by atoms with Crippen LogP contribution in [0.5, 0.6) is 0 Å². The third-order valence-electron chi connectivity index (χ3n) is 3.08. The Kier molecular flexibility index (Phi) is 4.46. The first-order chi connectivity index (χ1) is 10.7. The molecule has 0 fully saturated rings. The van der Waals surface area contributed by atoms with Gasteiger partial charge in [0.2, 0.25) is 0 Å². The van der Waals surface area contributed by atoms with E-state index in [-0.39, 0.29) is 5.91 Å². The van der Waals surface area contributed by atoms with Crippen LogP contribution in [0.1, 0.15) is 15.2 Å². The lowest BCUT2D eigenvalue weighted by Crippen LogP contribution is -2.22. The Balaban J connectivity index is 1.77. The van der Waals surface area contributed by atoms with E-state index in [0.29, 0.717) is 15.8 Å². The summed E-state index contributed by atoms with van der Waals surface area (Å²) in [7, 11) is 0. The molecule has 0 spiro atoms. The fourth-order valence-electron chi connectivity index (χ4n) is 2.05. The third kappa shape index (κ3) is 3.32. The van der Waals surface area contributed by atoms with E-state index in [1.54, 1.807) is 30.7 Å². The van der Waals surface area contributed by atoms with E-state index in [4.69, 9.17) is 11.6 Å². The van der Waals surface area contributed by atoms with E-state index in [9.17, 15) is 4.79 Å². The van der Waals surface area contributed by atoms with Crippen LogP contribution in [0.2, 0.25) is 4.34 Å². The number of rotatable bonds is 4. The number of halogens is 1. The lowest BCUT2D eigenvalue weighted by Gasteiger charge is -2.09. The van der Waals surface area contributed by atoms with Crippen LogP contribution >= 0.6 is 22.9 Å². The summed E-state index contributed by atoms with van der Waals surface area (Å²) in [4.78, 5) is 21.1. The summed E-state index contributed by atoms with van der Waals surface area (Å²) < 4.78 is 0.601. The minimum absolute atomic E-state index is 0.138. The summed E-state index contributed by atoms with van der Waals surface area (Å²) in [5.74, 6) is -0.138. The third-order valence-corrected chi connectivity index (χ3v) is 4.31. The van der Waals surface area contributed by atoms with Crippen molar-refractivity contribution in [2.45, 2.75) is 6.54 Å². The van der Waals surface area contributed by atoms with E-state index in [1.165, 1.54) is 11.3 Å². The highest BCUT2D eigenvalue weighted by molar-refractivity contribution is 7.17. The van der Waals surface area contributed by atoms with E-state index in [0.717, 1.165) is 16.8 Å². The summed E-state index contributed by atoms with van der Waals surface area (Å²) >= 11 is 7.11. The van der Waals surface area contributed by atoms with Crippen LogP contribution in [0, 0.1) is 0 Å². The lowest BCUT2D eigenvalue weighted by molar-refractivity contribution is 0.0955. The first kappa shape index (κ1) is 14.7. The second-order valence-corrected chi connectivity index (χ2v) is 6.25. The van der Waals surface area contributed by atoms with Crippen molar-refractivity contribution in [1.29, 1.82) is 0 Å². The molecule has 0 saturated carbocycles. The zero-order chi connectivity index (χ0) is 15.4. The fraction of sp³-hybridized carbons (Fsp3) is 0.0625. The molecule has 0 aliphatic rings. The molecule has 6 heteroatoms. The normalized spacial score (nSPS) is 10.4.